The Hall–Kier alpha value is -5.17. The third kappa shape index (κ3) is 6.21. The number of amides is 1. The van der Waals surface area contributed by atoms with E-state index in [1.54, 1.807) is 36.4 Å². The number of carbonyl (C=O) groups is 3. The first-order chi connectivity index (χ1) is 20.8. The minimum absolute atomic E-state index is 0.0353. The van der Waals surface area contributed by atoms with Crippen LogP contribution in [-0.2, 0) is 20.9 Å². The topological polar surface area (TPSA) is 93.1 Å². The van der Waals surface area contributed by atoms with Crippen LogP contribution in [0.2, 0.25) is 0 Å². The largest absolute Gasteiger partial charge is 0.507 e. The van der Waals surface area contributed by atoms with Gasteiger partial charge in [0.05, 0.1) is 23.8 Å². The first kappa shape index (κ1) is 29.3. The quantitative estimate of drug-likeness (QED) is 0.0993. The minimum Gasteiger partial charge on any atom is -0.507 e. The van der Waals surface area contributed by atoms with Crippen molar-refractivity contribution in [3.63, 3.8) is 0 Å². The molecule has 1 fully saturated rings. The number of ketones is 1. The molecule has 1 aliphatic rings. The van der Waals surface area contributed by atoms with Gasteiger partial charge < -0.3 is 14.6 Å². The lowest BCUT2D eigenvalue weighted by Gasteiger charge is -2.26. The number of Topliss-reactive ketones (excluding diaryl/α,β-unsaturated/α-hetero) is 1. The molecule has 4 aromatic carbocycles. The van der Waals surface area contributed by atoms with Crippen molar-refractivity contribution in [1.82, 2.24) is 0 Å². The molecular weight excluding hydrogens is 542 g/mol. The van der Waals surface area contributed by atoms with E-state index in [2.05, 4.69) is 0 Å². The SMILES string of the molecule is CCCOC(=O)c1cccc(N2C(=O)C(=O)/C(=C(/O)c3ccc(OCc4ccccc4)c(C)c3)C2c2cccc(C)c2)c1. The molecule has 4 aromatic rings. The Morgan fingerprint density at radius 1 is 0.860 bits per heavy atom. The van der Waals surface area contributed by atoms with Gasteiger partial charge in [-0.1, -0.05) is 73.2 Å². The van der Waals surface area contributed by atoms with Crippen LogP contribution in [0.4, 0.5) is 5.69 Å². The summed E-state index contributed by atoms with van der Waals surface area (Å²) in [6.07, 6.45) is 0.674. The number of benzene rings is 4. The molecule has 1 saturated heterocycles. The van der Waals surface area contributed by atoms with Gasteiger partial charge in [0.2, 0.25) is 0 Å². The highest BCUT2D eigenvalue weighted by atomic mass is 16.5. The summed E-state index contributed by atoms with van der Waals surface area (Å²) < 4.78 is 11.3. The van der Waals surface area contributed by atoms with Gasteiger partial charge in [-0.2, -0.15) is 0 Å². The van der Waals surface area contributed by atoms with Gasteiger partial charge in [-0.15, -0.1) is 0 Å². The Kier molecular flexibility index (Phi) is 8.71. The maximum atomic E-state index is 13.6. The predicted molar refractivity (Wildman–Crippen MR) is 165 cm³/mol. The third-order valence-corrected chi connectivity index (χ3v) is 7.29. The maximum absolute atomic E-state index is 13.6. The van der Waals surface area contributed by atoms with Crippen LogP contribution in [0.25, 0.3) is 5.76 Å². The zero-order valence-electron chi connectivity index (χ0n) is 24.4. The van der Waals surface area contributed by atoms with Gasteiger partial charge >= 0.3 is 5.97 Å². The molecule has 1 aliphatic heterocycles. The maximum Gasteiger partial charge on any atom is 0.338 e. The second-order valence-corrected chi connectivity index (χ2v) is 10.5. The van der Waals surface area contributed by atoms with Crippen LogP contribution in [0.3, 0.4) is 0 Å². The number of esters is 1. The zero-order valence-corrected chi connectivity index (χ0v) is 24.4. The molecule has 43 heavy (non-hydrogen) atoms. The van der Waals surface area contributed by atoms with E-state index in [4.69, 9.17) is 9.47 Å². The molecule has 0 bridgehead atoms. The van der Waals surface area contributed by atoms with Crippen LogP contribution in [-0.4, -0.2) is 29.4 Å². The van der Waals surface area contributed by atoms with E-state index >= 15 is 0 Å². The fourth-order valence-electron chi connectivity index (χ4n) is 5.16. The van der Waals surface area contributed by atoms with Gasteiger partial charge in [0.1, 0.15) is 18.1 Å². The number of nitrogens with zero attached hydrogens (tertiary/aromatic N) is 1. The molecule has 7 nitrogen and oxygen atoms in total. The van der Waals surface area contributed by atoms with Crippen LogP contribution in [0.5, 0.6) is 5.75 Å². The molecule has 1 heterocycles. The fraction of sp³-hybridized carbons (Fsp3) is 0.194. The first-order valence-corrected chi connectivity index (χ1v) is 14.2. The number of aryl methyl sites for hydroxylation is 2. The molecular formula is C36H33NO6. The number of aliphatic hydroxyl groups excluding tert-OH is 1. The van der Waals surface area contributed by atoms with Crippen molar-refractivity contribution in [1.29, 1.82) is 0 Å². The minimum atomic E-state index is -0.920. The van der Waals surface area contributed by atoms with Crippen molar-refractivity contribution in [2.24, 2.45) is 0 Å². The van der Waals surface area contributed by atoms with Crippen LogP contribution < -0.4 is 9.64 Å². The van der Waals surface area contributed by atoms with E-state index in [0.717, 1.165) is 16.7 Å². The monoisotopic (exact) mass is 575 g/mol. The number of hydrogen-bond acceptors (Lipinski definition) is 6. The average molecular weight is 576 g/mol. The number of ether oxygens (including phenoxy) is 2. The van der Waals surface area contributed by atoms with Crippen molar-refractivity contribution >= 4 is 29.1 Å². The van der Waals surface area contributed by atoms with E-state index in [-0.39, 0.29) is 23.5 Å². The smallest absolute Gasteiger partial charge is 0.338 e. The summed E-state index contributed by atoms with van der Waals surface area (Å²) in [5.41, 5.74) is 4.32. The van der Waals surface area contributed by atoms with Gasteiger partial charge in [-0.25, -0.2) is 4.79 Å². The predicted octanol–water partition coefficient (Wildman–Crippen LogP) is 7.08. The van der Waals surface area contributed by atoms with E-state index in [1.807, 2.05) is 75.4 Å². The molecule has 0 spiro atoms. The highest BCUT2D eigenvalue weighted by Crippen LogP contribution is 2.43. The van der Waals surface area contributed by atoms with Crippen LogP contribution in [0.1, 0.15) is 57.6 Å². The summed E-state index contributed by atoms with van der Waals surface area (Å²) in [5.74, 6) is -1.78. The first-order valence-electron chi connectivity index (χ1n) is 14.2. The number of anilines is 1. The number of hydrogen-bond donors (Lipinski definition) is 1. The lowest BCUT2D eigenvalue weighted by molar-refractivity contribution is -0.132. The third-order valence-electron chi connectivity index (χ3n) is 7.29. The van der Waals surface area contributed by atoms with Crippen LogP contribution in [0, 0.1) is 13.8 Å². The molecule has 7 heteroatoms. The van der Waals surface area contributed by atoms with Crippen molar-refractivity contribution < 1.29 is 29.0 Å². The summed E-state index contributed by atoms with van der Waals surface area (Å²) in [7, 11) is 0. The van der Waals surface area contributed by atoms with E-state index in [1.165, 1.54) is 11.0 Å². The highest BCUT2D eigenvalue weighted by Gasteiger charge is 2.47. The fourth-order valence-corrected chi connectivity index (χ4v) is 5.16. The molecule has 0 aromatic heterocycles. The van der Waals surface area contributed by atoms with E-state index in [0.29, 0.717) is 35.6 Å². The van der Waals surface area contributed by atoms with E-state index in [9.17, 15) is 19.5 Å². The van der Waals surface area contributed by atoms with Gasteiger partial charge in [-0.05, 0) is 73.4 Å². The molecule has 5 rings (SSSR count). The Labute approximate surface area is 251 Å². The number of aliphatic hydroxyl groups is 1. The number of carbonyl (C=O) groups excluding carboxylic acids is 3. The zero-order chi connectivity index (χ0) is 30.5. The summed E-state index contributed by atoms with van der Waals surface area (Å²) in [6.45, 7) is 6.33. The van der Waals surface area contributed by atoms with Crippen molar-refractivity contribution in [2.75, 3.05) is 11.5 Å². The molecule has 1 N–H and O–H groups in total. The van der Waals surface area contributed by atoms with Crippen molar-refractivity contribution in [3.05, 3.63) is 136 Å². The standard InChI is InChI=1S/C36H33NO6/c1-4-18-42-36(41)28-14-9-15-29(21-28)37-32(26-13-8-10-23(2)19-26)31(34(39)35(37)40)33(38)27-16-17-30(24(3)20-27)43-22-25-11-6-5-7-12-25/h5-17,19-21,32,38H,4,18,22H2,1-3H3/b33-31+. The molecule has 218 valence electrons. The van der Waals surface area contributed by atoms with Gasteiger partial charge in [0.15, 0.2) is 0 Å². The summed E-state index contributed by atoms with van der Waals surface area (Å²) in [6, 6.07) is 27.9. The van der Waals surface area contributed by atoms with Crippen molar-refractivity contribution in [2.45, 2.75) is 39.8 Å². The molecule has 1 atom stereocenters. The van der Waals surface area contributed by atoms with Gasteiger partial charge in [0, 0.05) is 11.3 Å². The lowest BCUT2D eigenvalue weighted by atomic mass is 9.93. The summed E-state index contributed by atoms with van der Waals surface area (Å²) in [4.78, 5) is 41.2. The summed E-state index contributed by atoms with van der Waals surface area (Å²) >= 11 is 0. The van der Waals surface area contributed by atoms with Gasteiger partial charge in [0.25, 0.3) is 11.7 Å². The average Bonchev–Trinajstić information content (AvgIpc) is 3.29. The summed E-state index contributed by atoms with van der Waals surface area (Å²) in [5, 5.41) is 11.6. The highest BCUT2D eigenvalue weighted by molar-refractivity contribution is 6.51. The Bertz CT molecular complexity index is 1710. The molecule has 0 aliphatic carbocycles. The van der Waals surface area contributed by atoms with Crippen LogP contribution in [0.15, 0.2) is 103 Å². The van der Waals surface area contributed by atoms with E-state index < -0.39 is 23.7 Å². The Morgan fingerprint density at radius 2 is 1.63 bits per heavy atom. The molecule has 1 unspecified atom stereocenters. The second-order valence-electron chi connectivity index (χ2n) is 10.5. The second kappa shape index (κ2) is 12.8. The number of rotatable bonds is 9. The Balaban J connectivity index is 1.55. The molecule has 0 saturated carbocycles. The molecule has 1 amide bonds. The van der Waals surface area contributed by atoms with Crippen molar-refractivity contribution in [3.8, 4) is 5.75 Å². The van der Waals surface area contributed by atoms with Gasteiger partial charge in [-0.3, -0.25) is 14.5 Å². The normalized spacial score (nSPS) is 15.9. The lowest BCUT2D eigenvalue weighted by Crippen LogP contribution is -2.29. The molecule has 0 radical (unpaired) electrons. The van der Waals surface area contributed by atoms with Crippen LogP contribution >= 0.6 is 0 Å². The Morgan fingerprint density at radius 3 is 2.35 bits per heavy atom.